The molecule has 1 fully saturated rings. The van der Waals surface area contributed by atoms with Gasteiger partial charge in [0.25, 0.3) is 5.91 Å². The molecule has 0 spiro atoms. The standard InChI is InChI=1S/C19H23ClN4O/c1-3-15-6-4-5-9-24(15)18-12-21-17(11-22-18)19(25)23-16-10-14(20)8-7-13(16)2/h7-8,10-12,15H,3-6,9H2,1-2H3,(H,23,25). The number of hydrogen-bond acceptors (Lipinski definition) is 4. The van der Waals surface area contributed by atoms with E-state index in [4.69, 9.17) is 11.6 Å². The number of carbonyl (C=O) groups excluding carboxylic acids is 1. The van der Waals surface area contributed by atoms with Crippen molar-refractivity contribution >= 4 is 29.0 Å². The first-order valence-corrected chi connectivity index (χ1v) is 9.12. The molecule has 1 atom stereocenters. The van der Waals surface area contributed by atoms with E-state index in [1.165, 1.54) is 19.3 Å². The van der Waals surface area contributed by atoms with Gasteiger partial charge in [-0.1, -0.05) is 24.6 Å². The predicted octanol–water partition coefficient (Wildman–Crippen LogP) is 4.46. The molecule has 0 aliphatic carbocycles. The highest BCUT2D eigenvalue weighted by atomic mass is 35.5. The van der Waals surface area contributed by atoms with Gasteiger partial charge >= 0.3 is 0 Å². The molecular weight excluding hydrogens is 336 g/mol. The molecule has 25 heavy (non-hydrogen) atoms. The fourth-order valence-corrected chi connectivity index (χ4v) is 3.40. The SMILES string of the molecule is CCC1CCCCN1c1cnc(C(=O)Nc2cc(Cl)ccc2C)cn1. The van der Waals surface area contributed by atoms with Crippen molar-refractivity contribution in [3.8, 4) is 0 Å². The first-order valence-electron chi connectivity index (χ1n) is 8.74. The molecule has 3 rings (SSSR count). The summed E-state index contributed by atoms with van der Waals surface area (Å²) in [5.74, 6) is 0.567. The van der Waals surface area contributed by atoms with Gasteiger partial charge in [0.2, 0.25) is 0 Å². The lowest BCUT2D eigenvalue weighted by Crippen LogP contribution is -2.39. The fourth-order valence-electron chi connectivity index (χ4n) is 3.23. The lowest BCUT2D eigenvalue weighted by atomic mass is 10.0. The number of hydrogen-bond donors (Lipinski definition) is 1. The smallest absolute Gasteiger partial charge is 0.275 e. The van der Waals surface area contributed by atoms with E-state index in [9.17, 15) is 4.79 Å². The summed E-state index contributed by atoms with van der Waals surface area (Å²) in [6, 6.07) is 5.91. The summed E-state index contributed by atoms with van der Waals surface area (Å²) in [6.45, 7) is 5.12. The summed E-state index contributed by atoms with van der Waals surface area (Å²) in [5.41, 5.74) is 1.93. The molecule has 1 aromatic heterocycles. The van der Waals surface area contributed by atoms with Crippen molar-refractivity contribution < 1.29 is 4.79 Å². The zero-order chi connectivity index (χ0) is 17.8. The Bertz CT molecular complexity index is 748. The van der Waals surface area contributed by atoms with Crippen molar-refractivity contribution in [3.05, 3.63) is 46.9 Å². The van der Waals surface area contributed by atoms with Crippen LogP contribution in [0.2, 0.25) is 5.02 Å². The maximum absolute atomic E-state index is 12.4. The highest BCUT2D eigenvalue weighted by Gasteiger charge is 2.22. The molecular formula is C19H23ClN4O. The van der Waals surface area contributed by atoms with Crippen molar-refractivity contribution in [1.82, 2.24) is 9.97 Å². The second-order valence-corrected chi connectivity index (χ2v) is 6.86. The predicted molar refractivity (Wildman–Crippen MR) is 101 cm³/mol. The van der Waals surface area contributed by atoms with Gasteiger partial charge in [0, 0.05) is 23.3 Å². The Morgan fingerprint density at radius 2 is 2.16 bits per heavy atom. The van der Waals surface area contributed by atoms with Crippen molar-refractivity contribution in [2.75, 3.05) is 16.8 Å². The summed E-state index contributed by atoms with van der Waals surface area (Å²) in [6.07, 6.45) is 7.97. The molecule has 0 saturated carbocycles. The number of rotatable bonds is 4. The second kappa shape index (κ2) is 7.83. The third kappa shape index (κ3) is 4.10. The molecule has 6 heteroatoms. The average Bonchev–Trinajstić information content (AvgIpc) is 2.64. The maximum Gasteiger partial charge on any atom is 0.275 e. The first kappa shape index (κ1) is 17.7. The van der Waals surface area contributed by atoms with Gasteiger partial charge in [0.15, 0.2) is 0 Å². The number of halogens is 1. The van der Waals surface area contributed by atoms with Crippen molar-refractivity contribution in [1.29, 1.82) is 0 Å². The molecule has 2 aromatic rings. The van der Waals surface area contributed by atoms with E-state index in [-0.39, 0.29) is 5.91 Å². The molecule has 1 aliphatic rings. The number of carbonyl (C=O) groups is 1. The minimum Gasteiger partial charge on any atom is -0.352 e. The van der Waals surface area contributed by atoms with Crippen LogP contribution < -0.4 is 10.2 Å². The molecule has 1 saturated heterocycles. The average molecular weight is 359 g/mol. The van der Waals surface area contributed by atoms with Gasteiger partial charge in [-0.2, -0.15) is 0 Å². The number of piperidine rings is 1. The van der Waals surface area contributed by atoms with Crippen LogP contribution in [0.4, 0.5) is 11.5 Å². The topological polar surface area (TPSA) is 58.1 Å². The van der Waals surface area contributed by atoms with E-state index in [1.54, 1.807) is 24.5 Å². The van der Waals surface area contributed by atoms with Crippen LogP contribution in [-0.2, 0) is 0 Å². The Morgan fingerprint density at radius 1 is 1.32 bits per heavy atom. The van der Waals surface area contributed by atoms with Crippen LogP contribution in [-0.4, -0.2) is 28.5 Å². The third-order valence-corrected chi connectivity index (χ3v) is 4.95. The number of benzene rings is 1. The Kier molecular flexibility index (Phi) is 5.53. The lowest BCUT2D eigenvalue weighted by molar-refractivity contribution is 0.102. The minimum absolute atomic E-state index is 0.282. The molecule has 1 aromatic carbocycles. The Morgan fingerprint density at radius 3 is 2.88 bits per heavy atom. The van der Waals surface area contributed by atoms with Gasteiger partial charge in [-0.15, -0.1) is 0 Å². The lowest BCUT2D eigenvalue weighted by Gasteiger charge is -2.35. The van der Waals surface area contributed by atoms with E-state index in [1.807, 2.05) is 13.0 Å². The van der Waals surface area contributed by atoms with E-state index < -0.39 is 0 Å². The normalized spacial score (nSPS) is 17.4. The fraction of sp³-hybridized carbons (Fsp3) is 0.421. The molecule has 0 radical (unpaired) electrons. The highest BCUT2D eigenvalue weighted by molar-refractivity contribution is 6.31. The van der Waals surface area contributed by atoms with E-state index in [0.717, 1.165) is 24.3 Å². The zero-order valence-corrected chi connectivity index (χ0v) is 15.4. The third-order valence-electron chi connectivity index (χ3n) is 4.71. The minimum atomic E-state index is -0.282. The highest BCUT2D eigenvalue weighted by Crippen LogP contribution is 2.25. The quantitative estimate of drug-likeness (QED) is 0.876. The van der Waals surface area contributed by atoms with E-state index >= 15 is 0 Å². The summed E-state index contributed by atoms with van der Waals surface area (Å²) in [5, 5.41) is 3.43. The number of nitrogens with one attached hydrogen (secondary N) is 1. The number of nitrogens with zero attached hydrogens (tertiary/aromatic N) is 3. The molecule has 1 amide bonds. The number of amides is 1. The van der Waals surface area contributed by atoms with Crippen LogP contribution in [0.1, 0.15) is 48.7 Å². The van der Waals surface area contributed by atoms with Crippen molar-refractivity contribution in [3.63, 3.8) is 0 Å². The Labute approximate surface area is 153 Å². The van der Waals surface area contributed by atoms with Crippen molar-refractivity contribution in [2.24, 2.45) is 0 Å². The molecule has 1 N–H and O–H groups in total. The summed E-state index contributed by atoms with van der Waals surface area (Å²) < 4.78 is 0. The summed E-state index contributed by atoms with van der Waals surface area (Å²) >= 11 is 6.00. The largest absolute Gasteiger partial charge is 0.352 e. The maximum atomic E-state index is 12.4. The summed E-state index contributed by atoms with van der Waals surface area (Å²) in [4.78, 5) is 23.5. The van der Waals surface area contributed by atoms with Gasteiger partial charge in [0.05, 0.1) is 12.4 Å². The van der Waals surface area contributed by atoms with E-state index in [2.05, 4.69) is 27.1 Å². The van der Waals surface area contributed by atoms with Crippen LogP contribution in [0.25, 0.3) is 0 Å². The number of aryl methyl sites for hydroxylation is 1. The van der Waals surface area contributed by atoms with Crippen LogP contribution in [0.15, 0.2) is 30.6 Å². The molecule has 1 unspecified atom stereocenters. The molecule has 132 valence electrons. The van der Waals surface area contributed by atoms with E-state index in [0.29, 0.717) is 22.4 Å². The molecule has 1 aliphatic heterocycles. The Balaban J connectivity index is 1.73. The number of aromatic nitrogens is 2. The molecule has 2 heterocycles. The first-order chi connectivity index (χ1) is 12.1. The van der Waals surface area contributed by atoms with Crippen LogP contribution in [0.5, 0.6) is 0 Å². The van der Waals surface area contributed by atoms with Gasteiger partial charge in [-0.05, 0) is 50.3 Å². The number of anilines is 2. The van der Waals surface area contributed by atoms with Crippen LogP contribution in [0, 0.1) is 6.92 Å². The van der Waals surface area contributed by atoms with Gasteiger partial charge in [-0.25, -0.2) is 9.97 Å². The van der Waals surface area contributed by atoms with Gasteiger partial charge < -0.3 is 10.2 Å². The molecule has 0 bridgehead atoms. The molecule has 5 nitrogen and oxygen atoms in total. The van der Waals surface area contributed by atoms with Crippen LogP contribution in [0.3, 0.4) is 0 Å². The van der Waals surface area contributed by atoms with Crippen molar-refractivity contribution in [2.45, 2.75) is 45.6 Å². The summed E-state index contributed by atoms with van der Waals surface area (Å²) in [7, 11) is 0. The Hall–Kier alpha value is -2.14. The van der Waals surface area contributed by atoms with Crippen LogP contribution >= 0.6 is 11.6 Å². The van der Waals surface area contributed by atoms with Gasteiger partial charge in [0.1, 0.15) is 11.5 Å². The monoisotopic (exact) mass is 358 g/mol. The van der Waals surface area contributed by atoms with Gasteiger partial charge in [-0.3, -0.25) is 4.79 Å². The zero-order valence-electron chi connectivity index (χ0n) is 14.6. The second-order valence-electron chi connectivity index (χ2n) is 6.42.